The Bertz CT molecular complexity index is 831. The van der Waals surface area contributed by atoms with E-state index in [0.717, 1.165) is 24.5 Å². The van der Waals surface area contributed by atoms with E-state index in [9.17, 15) is 9.59 Å². The van der Waals surface area contributed by atoms with Crippen LogP contribution in [0.25, 0.3) is 0 Å². The summed E-state index contributed by atoms with van der Waals surface area (Å²) in [6.45, 7) is 13.3. The van der Waals surface area contributed by atoms with Gasteiger partial charge in [0, 0.05) is 31.4 Å². The van der Waals surface area contributed by atoms with Crippen molar-refractivity contribution in [3.05, 3.63) is 12.1 Å². The monoisotopic (exact) mass is 434 g/mol. The second-order valence-electron chi connectivity index (χ2n) is 10.1. The third-order valence-electron chi connectivity index (χ3n) is 4.87. The van der Waals surface area contributed by atoms with Crippen molar-refractivity contribution < 1.29 is 23.8 Å². The summed E-state index contributed by atoms with van der Waals surface area (Å²) in [5.41, 5.74) is 5.85. The third kappa shape index (κ3) is 5.33. The number of hydrogen-bond acceptors (Lipinski definition) is 8. The third-order valence-corrected chi connectivity index (χ3v) is 4.87. The number of nitrogens with zero attached hydrogens (tertiary/aromatic N) is 3. The molecule has 2 aliphatic rings. The SMILES string of the molecule is CN1CCN2c3c(cc(N)cc3N(C(=O)OC(C)(C)C)C(=O)OC(C)(C)C)OC[C@H]2C1. The van der Waals surface area contributed by atoms with Crippen molar-refractivity contribution in [2.75, 3.05) is 48.8 Å². The van der Waals surface area contributed by atoms with Gasteiger partial charge >= 0.3 is 12.2 Å². The van der Waals surface area contributed by atoms with Crippen molar-refractivity contribution in [1.82, 2.24) is 4.90 Å². The van der Waals surface area contributed by atoms with Crippen LogP contribution in [0.1, 0.15) is 41.5 Å². The largest absolute Gasteiger partial charge is 0.489 e. The Labute approximate surface area is 184 Å². The molecule has 1 atom stereocenters. The number of rotatable bonds is 1. The van der Waals surface area contributed by atoms with E-state index < -0.39 is 23.4 Å². The standard InChI is InChI=1S/C22H34N4O5/c1-21(2,3)30-19(27)26(20(28)31-22(4,5)6)16-10-14(23)11-17-18(16)25-9-8-24(7)12-15(25)13-29-17/h10-11,15H,8-9,12-13,23H2,1-7H3/t15-/m1/s1. The maximum Gasteiger partial charge on any atom is 0.424 e. The molecular weight excluding hydrogens is 400 g/mol. The molecule has 0 saturated carbocycles. The molecule has 1 aromatic rings. The Kier molecular flexibility index (Phi) is 6.01. The van der Waals surface area contributed by atoms with Crippen LogP contribution in [0.2, 0.25) is 0 Å². The van der Waals surface area contributed by atoms with Crippen molar-refractivity contribution in [3.63, 3.8) is 0 Å². The topological polar surface area (TPSA) is 97.6 Å². The number of carbonyl (C=O) groups excluding carboxylic acids is 2. The lowest BCUT2D eigenvalue weighted by Gasteiger charge is -2.46. The number of imide groups is 1. The number of benzene rings is 1. The summed E-state index contributed by atoms with van der Waals surface area (Å²) >= 11 is 0. The minimum absolute atomic E-state index is 0.0905. The number of ether oxygens (including phenoxy) is 3. The summed E-state index contributed by atoms with van der Waals surface area (Å²) in [6, 6.07) is 3.40. The molecular formula is C22H34N4O5. The molecule has 0 bridgehead atoms. The number of piperazine rings is 1. The molecule has 0 aliphatic carbocycles. The molecule has 2 N–H and O–H groups in total. The second kappa shape index (κ2) is 8.11. The predicted molar refractivity (Wildman–Crippen MR) is 120 cm³/mol. The first-order chi connectivity index (χ1) is 14.2. The highest BCUT2D eigenvalue weighted by Crippen LogP contribution is 2.45. The molecule has 0 aromatic heterocycles. The van der Waals surface area contributed by atoms with E-state index in [-0.39, 0.29) is 6.04 Å². The van der Waals surface area contributed by atoms with Crippen LogP contribution in [0, 0.1) is 0 Å². The molecule has 1 aromatic carbocycles. The van der Waals surface area contributed by atoms with Gasteiger partial charge in [0.1, 0.15) is 29.2 Å². The summed E-state index contributed by atoms with van der Waals surface area (Å²) in [5, 5.41) is 0. The quantitative estimate of drug-likeness (QED) is 0.671. The molecule has 0 spiro atoms. The first-order valence-electron chi connectivity index (χ1n) is 10.5. The number of amides is 2. The molecule has 172 valence electrons. The lowest BCUT2D eigenvalue weighted by atomic mass is 10.1. The Hall–Kier alpha value is -2.68. The number of fused-ring (bicyclic) bond motifs is 3. The van der Waals surface area contributed by atoms with E-state index >= 15 is 0 Å². The molecule has 9 nitrogen and oxygen atoms in total. The van der Waals surface area contributed by atoms with Gasteiger partial charge in [-0.1, -0.05) is 0 Å². The van der Waals surface area contributed by atoms with Crippen molar-refractivity contribution >= 4 is 29.2 Å². The van der Waals surface area contributed by atoms with E-state index in [1.807, 2.05) is 0 Å². The zero-order chi connectivity index (χ0) is 23.1. The van der Waals surface area contributed by atoms with Crippen LogP contribution >= 0.6 is 0 Å². The fraction of sp³-hybridized carbons (Fsp3) is 0.636. The highest BCUT2D eigenvalue weighted by Gasteiger charge is 2.40. The highest BCUT2D eigenvalue weighted by atomic mass is 16.6. The molecule has 0 unspecified atom stereocenters. The van der Waals surface area contributed by atoms with Crippen molar-refractivity contribution in [2.24, 2.45) is 0 Å². The van der Waals surface area contributed by atoms with E-state index in [2.05, 4.69) is 16.8 Å². The number of hydrogen-bond donors (Lipinski definition) is 1. The summed E-state index contributed by atoms with van der Waals surface area (Å²) in [6.07, 6.45) is -1.66. The molecule has 1 fully saturated rings. The molecule has 0 radical (unpaired) electrons. The van der Waals surface area contributed by atoms with Gasteiger partial charge in [-0.05, 0) is 54.7 Å². The second-order valence-corrected chi connectivity index (χ2v) is 10.1. The summed E-state index contributed by atoms with van der Waals surface area (Å²) in [7, 11) is 2.06. The van der Waals surface area contributed by atoms with E-state index in [0.29, 0.717) is 29.4 Å². The van der Waals surface area contributed by atoms with Crippen molar-refractivity contribution in [3.8, 4) is 5.75 Å². The lowest BCUT2D eigenvalue weighted by molar-refractivity contribution is 0.0430. The molecule has 31 heavy (non-hydrogen) atoms. The van der Waals surface area contributed by atoms with E-state index in [1.54, 1.807) is 53.7 Å². The van der Waals surface area contributed by atoms with Gasteiger partial charge in [0.05, 0.1) is 11.7 Å². The number of nitrogens with two attached hydrogens (primary N) is 1. The van der Waals surface area contributed by atoms with Gasteiger partial charge in [-0.25, -0.2) is 9.59 Å². The van der Waals surface area contributed by atoms with Gasteiger partial charge in [-0.15, -0.1) is 0 Å². The number of carbonyl (C=O) groups is 2. The van der Waals surface area contributed by atoms with Gasteiger partial charge < -0.3 is 29.7 Å². The zero-order valence-corrected chi connectivity index (χ0v) is 19.5. The van der Waals surface area contributed by atoms with E-state index in [4.69, 9.17) is 19.9 Å². The maximum absolute atomic E-state index is 13.2. The molecule has 2 amide bonds. The Morgan fingerprint density at radius 3 is 2.19 bits per heavy atom. The molecule has 3 rings (SSSR count). The minimum atomic E-state index is -0.828. The van der Waals surface area contributed by atoms with Crippen LogP contribution < -0.4 is 20.3 Å². The average molecular weight is 435 g/mol. The van der Waals surface area contributed by atoms with Gasteiger partial charge in [-0.3, -0.25) is 0 Å². The van der Waals surface area contributed by atoms with Crippen LogP contribution in [-0.2, 0) is 9.47 Å². The Balaban J connectivity index is 2.11. The normalized spacial score (nSPS) is 19.1. The molecule has 1 saturated heterocycles. The van der Waals surface area contributed by atoms with Crippen LogP contribution in [0.5, 0.6) is 5.75 Å². The van der Waals surface area contributed by atoms with Crippen LogP contribution in [-0.4, -0.2) is 67.6 Å². The smallest absolute Gasteiger partial charge is 0.424 e. The molecule has 2 aliphatic heterocycles. The minimum Gasteiger partial charge on any atom is -0.489 e. The molecule has 2 heterocycles. The molecule has 9 heteroatoms. The number of anilines is 3. The fourth-order valence-corrected chi connectivity index (χ4v) is 3.70. The zero-order valence-electron chi connectivity index (χ0n) is 19.5. The van der Waals surface area contributed by atoms with Gasteiger partial charge in [0.25, 0.3) is 0 Å². The average Bonchev–Trinajstić information content (AvgIpc) is 2.57. The van der Waals surface area contributed by atoms with Crippen LogP contribution in [0.3, 0.4) is 0 Å². The number of nitrogen functional groups attached to an aromatic ring is 1. The van der Waals surface area contributed by atoms with Gasteiger partial charge in [0.2, 0.25) is 0 Å². The summed E-state index contributed by atoms with van der Waals surface area (Å²) in [5.74, 6) is 0.535. The lowest BCUT2D eigenvalue weighted by Crippen LogP contribution is -2.56. The summed E-state index contributed by atoms with van der Waals surface area (Å²) < 4.78 is 17.1. The highest BCUT2D eigenvalue weighted by molar-refractivity contribution is 6.13. The Morgan fingerprint density at radius 1 is 1.06 bits per heavy atom. The van der Waals surface area contributed by atoms with Crippen molar-refractivity contribution in [1.29, 1.82) is 0 Å². The maximum atomic E-state index is 13.2. The fourth-order valence-electron chi connectivity index (χ4n) is 3.70. The van der Waals surface area contributed by atoms with Gasteiger partial charge in [0.15, 0.2) is 0 Å². The Morgan fingerprint density at radius 2 is 1.65 bits per heavy atom. The predicted octanol–water partition coefficient (Wildman–Crippen LogP) is 3.46. The number of likely N-dealkylation sites (N-methyl/N-ethyl adjacent to an activating group) is 1. The van der Waals surface area contributed by atoms with Gasteiger partial charge in [-0.2, -0.15) is 4.90 Å². The van der Waals surface area contributed by atoms with Crippen LogP contribution in [0.4, 0.5) is 26.7 Å². The van der Waals surface area contributed by atoms with E-state index in [1.165, 1.54) is 0 Å². The first kappa shape index (κ1) is 23.0. The summed E-state index contributed by atoms with van der Waals surface area (Å²) in [4.78, 5) is 31.7. The van der Waals surface area contributed by atoms with Crippen molar-refractivity contribution in [2.45, 2.75) is 58.8 Å². The van der Waals surface area contributed by atoms with Crippen LogP contribution in [0.15, 0.2) is 12.1 Å². The first-order valence-corrected chi connectivity index (χ1v) is 10.5.